The van der Waals surface area contributed by atoms with Crippen molar-refractivity contribution in [3.05, 3.63) is 41.8 Å². The van der Waals surface area contributed by atoms with E-state index in [1.54, 1.807) is 0 Å². The van der Waals surface area contributed by atoms with Crippen LogP contribution in [0.5, 0.6) is 0 Å². The van der Waals surface area contributed by atoms with E-state index in [1.165, 1.54) is 35.1 Å². The van der Waals surface area contributed by atoms with E-state index in [9.17, 15) is 23.6 Å². The molecule has 1 aliphatic rings. The van der Waals surface area contributed by atoms with Crippen LogP contribution in [0.1, 0.15) is 22.8 Å². The maximum Gasteiger partial charge on any atom is 0.254 e. The minimum absolute atomic E-state index is 0.0271. The summed E-state index contributed by atoms with van der Waals surface area (Å²) in [5.41, 5.74) is 6.06. The van der Waals surface area contributed by atoms with Gasteiger partial charge in [-0.15, -0.1) is 0 Å². The Morgan fingerprint density at radius 1 is 1.42 bits per heavy atom. The van der Waals surface area contributed by atoms with Crippen molar-refractivity contribution in [3.63, 3.8) is 0 Å². The van der Waals surface area contributed by atoms with Crippen LogP contribution >= 0.6 is 10.6 Å². The van der Waals surface area contributed by atoms with Gasteiger partial charge in [0.15, 0.2) is 5.82 Å². The fourth-order valence-corrected chi connectivity index (χ4v) is 4.59. The lowest BCUT2D eigenvalue weighted by Gasteiger charge is -2.41. The number of hydrogen-bond acceptors (Lipinski definition) is 6. The van der Waals surface area contributed by atoms with Gasteiger partial charge in [-0.25, -0.2) is 4.39 Å². The van der Waals surface area contributed by atoms with Gasteiger partial charge >= 0.3 is 0 Å². The predicted octanol–water partition coefficient (Wildman–Crippen LogP) is 2.70. The first-order valence-electron chi connectivity index (χ1n) is 7.84. The van der Waals surface area contributed by atoms with Crippen LogP contribution in [0, 0.1) is 23.1 Å². The maximum atomic E-state index is 13.0. The molecule has 0 radical (unpaired) electrons. The summed E-state index contributed by atoms with van der Waals surface area (Å²) in [7, 11) is -2.76. The molecule has 8 nitrogen and oxygen atoms in total. The first-order chi connectivity index (χ1) is 12.3. The van der Waals surface area contributed by atoms with Crippen LogP contribution in [0.15, 0.2) is 30.5 Å². The van der Waals surface area contributed by atoms with E-state index in [-0.39, 0.29) is 22.9 Å². The maximum absolute atomic E-state index is 13.0. The number of carbonyl (C=O) groups is 1. The second-order valence-corrected chi connectivity index (χ2v) is 8.48. The normalized spacial score (nSPS) is 23.0. The highest BCUT2D eigenvalue weighted by molar-refractivity contribution is 8.24. The number of hydrogen-bond donors (Lipinski definition) is 4. The molecule has 138 valence electrons. The summed E-state index contributed by atoms with van der Waals surface area (Å²) in [5, 5.41) is 16.6. The molecule has 0 bridgehead atoms. The lowest BCUT2D eigenvalue weighted by atomic mass is 10.0. The van der Waals surface area contributed by atoms with Gasteiger partial charge in [0.05, 0.1) is 23.8 Å². The summed E-state index contributed by atoms with van der Waals surface area (Å²) in [6, 6.07) is 7.20. The average molecular weight is 379 g/mol. The second-order valence-electron chi connectivity index (χ2n) is 6.13. The highest BCUT2D eigenvalue weighted by Gasteiger charge is 2.35. The summed E-state index contributed by atoms with van der Waals surface area (Å²) in [6.07, 6.45) is 1.79. The van der Waals surface area contributed by atoms with Crippen molar-refractivity contribution in [3.8, 4) is 6.07 Å². The molecule has 1 aromatic heterocycles. The van der Waals surface area contributed by atoms with E-state index in [0.29, 0.717) is 12.1 Å². The van der Waals surface area contributed by atoms with Crippen LogP contribution < -0.4 is 11.1 Å². The molecule has 26 heavy (non-hydrogen) atoms. The van der Waals surface area contributed by atoms with Crippen LogP contribution in [-0.4, -0.2) is 36.3 Å². The third-order valence-corrected chi connectivity index (χ3v) is 6.04. The average Bonchev–Trinajstić information content (AvgIpc) is 3.00. The van der Waals surface area contributed by atoms with Crippen molar-refractivity contribution < 1.29 is 18.3 Å². The van der Waals surface area contributed by atoms with Gasteiger partial charge in [-0.3, -0.25) is 18.6 Å². The highest BCUT2D eigenvalue weighted by atomic mass is 32.3. The molecule has 0 aliphatic carbocycles. The van der Waals surface area contributed by atoms with Gasteiger partial charge in [-0.1, -0.05) is 0 Å². The molecule has 5 N–H and O–H groups in total. The summed E-state index contributed by atoms with van der Waals surface area (Å²) in [6.45, 7) is 0. The Kier molecular flexibility index (Phi) is 4.86. The Morgan fingerprint density at radius 3 is 2.73 bits per heavy atom. The van der Waals surface area contributed by atoms with Gasteiger partial charge in [-0.05, 0) is 30.7 Å². The van der Waals surface area contributed by atoms with Gasteiger partial charge in [0.25, 0.3) is 5.91 Å². The molecule has 0 unspecified atom stereocenters. The summed E-state index contributed by atoms with van der Waals surface area (Å²) >= 11 is 0. The molecule has 0 spiro atoms. The van der Waals surface area contributed by atoms with E-state index in [0.717, 1.165) is 0 Å². The number of nitrogens with one attached hydrogen (secondary N) is 1. The van der Waals surface area contributed by atoms with Gasteiger partial charge < -0.3 is 11.1 Å². The number of aromatic nitrogens is 2. The Hall–Kier alpha value is -2.61. The van der Waals surface area contributed by atoms with Crippen molar-refractivity contribution in [1.82, 2.24) is 9.78 Å². The first-order valence-corrected chi connectivity index (χ1v) is 9.72. The lowest BCUT2D eigenvalue weighted by molar-refractivity contribution is 0.100. The molecular formula is C16H18FN5O3S. The third-order valence-electron chi connectivity index (χ3n) is 4.26. The molecule has 2 atom stereocenters. The van der Waals surface area contributed by atoms with Gasteiger partial charge in [0.1, 0.15) is 11.4 Å². The quantitative estimate of drug-likeness (QED) is 0.644. The number of halogens is 1. The van der Waals surface area contributed by atoms with E-state index < -0.39 is 34.3 Å². The lowest BCUT2D eigenvalue weighted by Crippen LogP contribution is -2.31. The minimum Gasteiger partial charge on any atom is -0.365 e. The molecule has 2 heterocycles. The Balaban J connectivity index is 1.91. The molecule has 1 saturated heterocycles. The molecule has 1 aliphatic heterocycles. The zero-order valence-corrected chi connectivity index (χ0v) is 14.5. The number of carbonyl (C=O) groups excluding carboxylic acids is 1. The Labute approximate surface area is 150 Å². The molecule has 3 rings (SSSR count). The second kappa shape index (κ2) is 6.95. The number of nitriles is 1. The van der Waals surface area contributed by atoms with Gasteiger partial charge in [-0.2, -0.15) is 21.0 Å². The number of nitrogens with two attached hydrogens (primary N) is 1. The highest BCUT2D eigenvalue weighted by Crippen LogP contribution is 2.49. The Morgan fingerprint density at radius 2 is 2.12 bits per heavy atom. The smallest absolute Gasteiger partial charge is 0.254 e. The third kappa shape index (κ3) is 3.80. The zero-order chi connectivity index (χ0) is 18.9. The fourth-order valence-electron chi connectivity index (χ4n) is 2.94. The summed E-state index contributed by atoms with van der Waals surface area (Å²) < 4.78 is 34.2. The van der Waals surface area contributed by atoms with E-state index in [4.69, 9.17) is 5.73 Å². The molecule has 10 heteroatoms. The number of amides is 1. The van der Waals surface area contributed by atoms with Crippen molar-refractivity contribution in [2.24, 2.45) is 11.7 Å². The van der Waals surface area contributed by atoms with Crippen molar-refractivity contribution in [1.29, 1.82) is 5.26 Å². The van der Waals surface area contributed by atoms with Crippen LogP contribution in [0.4, 0.5) is 15.9 Å². The van der Waals surface area contributed by atoms with Crippen molar-refractivity contribution >= 4 is 28.0 Å². The zero-order valence-electron chi connectivity index (χ0n) is 13.7. The Bertz CT molecular complexity index is 862. The van der Waals surface area contributed by atoms with Gasteiger partial charge in [0, 0.05) is 17.6 Å². The molecule has 2 aromatic rings. The number of nitrogens with zero attached hydrogens (tertiary/aromatic N) is 3. The van der Waals surface area contributed by atoms with Crippen LogP contribution in [0.25, 0.3) is 0 Å². The number of rotatable bonds is 4. The fraction of sp³-hybridized carbons (Fsp3) is 0.312. The minimum atomic E-state index is -2.76. The number of benzene rings is 1. The summed E-state index contributed by atoms with van der Waals surface area (Å²) in [5.74, 6) is -1.40. The van der Waals surface area contributed by atoms with E-state index >= 15 is 0 Å². The predicted molar refractivity (Wildman–Crippen MR) is 95.8 cm³/mol. The molecular weight excluding hydrogens is 361 g/mol. The largest absolute Gasteiger partial charge is 0.365 e. The van der Waals surface area contributed by atoms with Gasteiger partial charge in [0.2, 0.25) is 0 Å². The number of primary amides is 1. The molecule has 1 amide bonds. The van der Waals surface area contributed by atoms with Crippen LogP contribution in [-0.2, 0) is 0 Å². The molecule has 1 fully saturated rings. The van der Waals surface area contributed by atoms with Crippen molar-refractivity contribution in [2.45, 2.75) is 12.5 Å². The van der Waals surface area contributed by atoms with Crippen LogP contribution in [0.3, 0.4) is 0 Å². The van der Waals surface area contributed by atoms with E-state index in [1.807, 2.05) is 0 Å². The number of anilines is 2. The topological polar surface area (TPSA) is 137 Å². The monoisotopic (exact) mass is 379 g/mol. The van der Waals surface area contributed by atoms with Crippen molar-refractivity contribution in [2.75, 3.05) is 16.8 Å². The van der Waals surface area contributed by atoms with Crippen LogP contribution in [0.2, 0.25) is 0 Å². The molecule has 1 aromatic carbocycles. The first kappa shape index (κ1) is 18.2. The molecule has 0 saturated carbocycles. The standard InChI is InChI=1S/C16H18FN5O3S/c17-11-1-3-12(4-2-11)20-16-13(15(19)23)8-22(21-16)14-5-6-26(24,25)9-10(14)7-18/h1-4,8,10,14,24-25H,5-6,9H2,(H2,19,23)(H,20,21)/t10-,14-/m1/s1. The SMILES string of the molecule is N#C[C@@H]1CS(O)(O)CC[C@H]1n1cc(C(N)=O)c(Nc2ccc(F)cc2)n1. The summed E-state index contributed by atoms with van der Waals surface area (Å²) in [4.78, 5) is 11.7. The van der Waals surface area contributed by atoms with E-state index in [2.05, 4.69) is 16.5 Å².